The van der Waals surface area contributed by atoms with Crippen molar-refractivity contribution in [3.63, 3.8) is 0 Å². The monoisotopic (exact) mass is 405 g/mol. The lowest BCUT2D eigenvalue weighted by atomic mass is 10.1. The zero-order chi connectivity index (χ0) is 19.2. The maximum Gasteiger partial charge on any atom is 0.269 e. The molecule has 1 saturated heterocycles. The maximum atomic E-state index is 12.4. The first-order valence-corrected chi connectivity index (χ1v) is 10.1. The number of thioether (sulfide) groups is 1. The van der Waals surface area contributed by atoms with Crippen molar-refractivity contribution >= 4 is 46.3 Å². The molecule has 1 aliphatic heterocycles. The fourth-order valence-electron chi connectivity index (χ4n) is 3.02. The number of hydrogen-bond acceptors (Lipinski definition) is 5. The van der Waals surface area contributed by atoms with Crippen LogP contribution in [-0.4, -0.2) is 29.7 Å². The van der Waals surface area contributed by atoms with Crippen molar-refractivity contribution in [3.05, 3.63) is 57.6 Å². The summed E-state index contributed by atoms with van der Waals surface area (Å²) < 4.78 is 0. The van der Waals surface area contributed by atoms with Crippen LogP contribution in [0, 0.1) is 10.1 Å². The highest BCUT2D eigenvalue weighted by atomic mass is 35.5. The summed E-state index contributed by atoms with van der Waals surface area (Å²) in [5.74, 6) is 0.0721. The predicted octanol–water partition coefficient (Wildman–Crippen LogP) is 4.97. The molecule has 1 amide bonds. The summed E-state index contributed by atoms with van der Waals surface area (Å²) in [4.78, 5) is 25.7. The number of hydrogen-bond donors (Lipinski definition) is 1. The number of nitro benzene ring substituents is 1. The van der Waals surface area contributed by atoms with E-state index in [9.17, 15) is 14.9 Å². The van der Waals surface area contributed by atoms with E-state index in [0.717, 1.165) is 42.2 Å². The lowest BCUT2D eigenvalue weighted by Gasteiger charge is -2.30. The summed E-state index contributed by atoms with van der Waals surface area (Å²) in [6.07, 6.45) is 3.52. The maximum absolute atomic E-state index is 12.4. The van der Waals surface area contributed by atoms with Crippen molar-refractivity contribution in [2.45, 2.75) is 24.2 Å². The first-order valence-electron chi connectivity index (χ1n) is 8.74. The summed E-state index contributed by atoms with van der Waals surface area (Å²) >= 11 is 7.46. The Kier molecular flexibility index (Phi) is 6.58. The van der Waals surface area contributed by atoms with E-state index in [1.807, 2.05) is 12.1 Å². The molecule has 27 heavy (non-hydrogen) atoms. The molecular formula is C19H20ClN3O3S. The number of carbonyl (C=O) groups is 1. The second-order valence-corrected chi connectivity index (χ2v) is 7.78. The van der Waals surface area contributed by atoms with Gasteiger partial charge in [-0.15, -0.1) is 11.8 Å². The molecule has 1 aliphatic rings. The summed E-state index contributed by atoms with van der Waals surface area (Å²) in [5.41, 5.74) is 1.75. The molecular weight excluding hydrogens is 386 g/mol. The van der Waals surface area contributed by atoms with Gasteiger partial charge in [-0.05, 0) is 49.6 Å². The standard InChI is InChI=1S/C19H20ClN3O3S/c20-14-4-9-18(22-10-2-1-3-11-22)17(12-14)21-19(24)13-27-16-7-5-15(6-8-16)23(25)26/h4-9,12H,1-3,10-11,13H2,(H,21,24). The normalized spacial score (nSPS) is 14.0. The number of nitrogens with zero attached hydrogens (tertiary/aromatic N) is 2. The Bertz CT molecular complexity index is 823. The fourth-order valence-corrected chi connectivity index (χ4v) is 3.89. The smallest absolute Gasteiger partial charge is 0.269 e. The van der Waals surface area contributed by atoms with E-state index >= 15 is 0 Å². The van der Waals surface area contributed by atoms with Gasteiger partial charge in [0.25, 0.3) is 5.69 Å². The van der Waals surface area contributed by atoms with Crippen molar-refractivity contribution in [1.29, 1.82) is 0 Å². The molecule has 8 heteroatoms. The van der Waals surface area contributed by atoms with Gasteiger partial charge in [0.2, 0.25) is 5.91 Å². The van der Waals surface area contributed by atoms with Gasteiger partial charge in [-0.2, -0.15) is 0 Å². The van der Waals surface area contributed by atoms with Gasteiger partial charge in [0, 0.05) is 35.1 Å². The summed E-state index contributed by atoms with van der Waals surface area (Å²) in [6, 6.07) is 11.7. The van der Waals surface area contributed by atoms with Gasteiger partial charge in [-0.3, -0.25) is 14.9 Å². The van der Waals surface area contributed by atoms with E-state index in [0.29, 0.717) is 5.02 Å². The molecule has 1 fully saturated rings. The summed E-state index contributed by atoms with van der Waals surface area (Å²) in [6.45, 7) is 1.95. The van der Waals surface area contributed by atoms with Crippen molar-refractivity contribution in [3.8, 4) is 0 Å². The highest BCUT2D eigenvalue weighted by molar-refractivity contribution is 8.00. The SMILES string of the molecule is O=C(CSc1ccc([N+](=O)[O-])cc1)Nc1cc(Cl)ccc1N1CCCCC1. The molecule has 3 rings (SSSR count). The molecule has 0 aromatic heterocycles. The molecule has 1 N–H and O–H groups in total. The minimum atomic E-state index is -0.442. The van der Waals surface area contributed by atoms with Gasteiger partial charge in [0.1, 0.15) is 0 Å². The number of nitrogens with one attached hydrogen (secondary N) is 1. The third-order valence-electron chi connectivity index (χ3n) is 4.35. The van der Waals surface area contributed by atoms with Crippen LogP contribution < -0.4 is 10.2 Å². The molecule has 0 bridgehead atoms. The molecule has 0 aliphatic carbocycles. The first kappa shape index (κ1) is 19.5. The van der Waals surface area contributed by atoms with Crippen LogP contribution in [-0.2, 0) is 4.79 Å². The number of anilines is 2. The van der Waals surface area contributed by atoms with Crippen molar-refractivity contribution < 1.29 is 9.72 Å². The predicted molar refractivity (Wildman–Crippen MR) is 110 cm³/mol. The Labute approximate surface area is 167 Å². The molecule has 2 aromatic rings. The minimum absolute atomic E-state index is 0.0360. The molecule has 0 atom stereocenters. The van der Waals surface area contributed by atoms with E-state index in [-0.39, 0.29) is 17.3 Å². The third kappa shape index (κ3) is 5.37. The lowest BCUT2D eigenvalue weighted by Crippen LogP contribution is -2.30. The van der Waals surface area contributed by atoms with E-state index in [1.165, 1.54) is 30.3 Å². The quantitative estimate of drug-likeness (QED) is 0.417. The Morgan fingerprint density at radius 1 is 1.15 bits per heavy atom. The Morgan fingerprint density at radius 3 is 2.52 bits per heavy atom. The van der Waals surface area contributed by atoms with Crippen LogP contribution in [0.5, 0.6) is 0 Å². The second kappa shape index (κ2) is 9.10. The molecule has 0 saturated carbocycles. The van der Waals surface area contributed by atoms with Crippen LogP contribution in [0.4, 0.5) is 17.1 Å². The van der Waals surface area contributed by atoms with E-state index in [1.54, 1.807) is 18.2 Å². The number of halogens is 1. The number of rotatable bonds is 6. The Morgan fingerprint density at radius 2 is 1.85 bits per heavy atom. The second-order valence-electron chi connectivity index (χ2n) is 6.30. The average Bonchev–Trinajstić information content (AvgIpc) is 2.67. The van der Waals surface area contributed by atoms with Crippen molar-refractivity contribution in [1.82, 2.24) is 0 Å². The third-order valence-corrected chi connectivity index (χ3v) is 5.59. The molecule has 1 heterocycles. The molecule has 142 valence electrons. The van der Waals surface area contributed by atoms with Gasteiger partial charge in [0.15, 0.2) is 0 Å². The summed E-state index contributed by atoms with van der Waals surface area (Å²) in [5, 5.41) is 14.2. The van der Waals surface area contributed by atoms with Gasteiger partial charge >= 0.3 is 0 Å². The van der Waals surface area contributed by atoms with Crippen LogP contribution in [0.1, 0.15) is 19.3 Å². The molecule has 6 nitrogen and oxygen atoms in total. The van der Waals surface area contributed by atoms with Gasteiger partial charge in [0.05, 0.1) is 22.1 Å². The Balaban J connectivity index is 1.63. The Hall–Kier alpha value is -2.25. The number of benzene rings is 2. The number of piperidine rings is 1. The zero-order valence-corrected chi connectivity index (χ0v) is 16.3. The van der Waals surface area contributed by atoms with E-state index < -0.39 is 4.92 Å². The van der Waals surface area contributed by atoms with Gasteiger partial charge in [-0.25, -0.2) is 0 Å². The highest BCUT2D eigenvalue weighted by Crippen LogP contribution is 2.31. The van der Waals surface area contributed by atoms with Gasteiger partial charge < -0.3 is 10.2 Å². The summed E-state index contributed by atoms with van der Waals surface area (Å²) in [7, 11) is 0. The van der Waals surface area contributed by atoms with Crippen LogP contribution in [0.3, 0.4) is 0 Å². The van der Waals surface area contributed by atoms with Gasteiger partial charge in [-0.1, -0.05) is 11.6 Å². The molecule has 2 aromatic carbocycles. The topological polar surface area (TPSA) is 75.5 Å². The van der Waals surface area contributed by atoms with Crippen LogP contribution in [0.25, 0.3) is 0 Å². The average molecular weight is 406 g/mol. The number of amides is 1. The largest absolute Gasteiger partial charge is 0.370 e. The van der Waals surface area contributed by atoms with Crippen LogP contribution in [0.2, 0.25) is 5.02 Å². The van der Waals surface area contributed by atoms with Crippen molar-refractivity contribution in [2.24, 2.45) is 0 Å². The number of non-ortho nitro benzene ring substituents is 1. The van der Waals surface area contributed by atoms with Crippen LogP contribution in [0.15, 0.2) is 47.4 Å². The lowest BCUT2D eigenvalue weighted by molar-refractivity contribution is -0.384. The zero-order valence-electron chi connectivity index (χ0n) is 14.7. The van der Waals surface area contributed by atoms with E-state index in [2.05, 4.69) is 10.2 Å². The molecule has 0 radical (unpaired) electrons. The van der Waals surface area contributed by atoms with Crippen LogP contribution >= 0.6 is 23.4 Å². The highest BCUT2D eigenvalue weighted by Gasteiger charge is 2.16. The minimum Gasteiger partial charge on any atom is -0.370 e. The fraction of sp³-hybridized carbons (Fsp3) is 0.316. The first-order chi connectivity index (χ1) is 13.0. The number of carbonyl (C=O) groups excluding carboxylic acids is 1. The molecule has 0 unspecified atom stereocenters. The molecule has 0 spiro atoms. The van der Waals surface area contributed by atoms with Crippen molar-refractivity contribution in [2.75, 3.05) is 29.1 Å². The number of nitro groups is 1. The van der Waals surface area contributed by atoms with E-state index in [4.69, 9.17) is 11.6 Å².